The third-order valence-corrected chi connectivity index (χ3v) is 5.23. The van der Waals surface area contributed by atoms with E-state index in [1.165, 1.54) is 5.56 Å². The van der Waals surface area contributed by atoms with Crippen molar-refractivity contribution >= 4 is 39.3 Å². The molecule has 2 N–H and O–H groups in total. The molecule has 1 aliphatic rings. The second-order valence-electron chi connectivity index (χ2n) is 6.90. The van der Waals surface area contributed by atoms with Gasteiger partial charge >= 0.3 is 0 Å². The third-order valence-electron chi connectivity index (χ3n) is 4.65. The number of rotatable bonds is 5. The predicted molar refractivity (Wildman–Crippen MR) is 108 cm³/mol. The Balaban J connectivity index is 1.75. The molecule has 1 heterocycles. The van der Waals surface area contributed by atoms with Crippen molar-refractivity contribution in [3.63, 3.8) is 0 Å². The summed E-state index contributed by atoms with van der Waals surface area (Å²) in [4.78, 5) is 23.0. The normalized spacial score (nSPS) is 19.2. The van der Waals surface area contributed by atoms with Gasteiger partial charge in [0.05, 0.1) is 10.4 Å². The van der Waals surface area contributed by atoms with Crippen molar-refractivity contribution in [2.45, 2.75) is 32.2 Å². The second kappa shape index (κ2) is 8.03. The maximum absolute atomic E-state index is 12.4. The highest BCUT2D eigenvalue weighted by molar-refractivity contribution is 9.10. The summed E-state index contributed by atoms with van der Waals surface area (Å²) in [5.74, 6) is 1.38. The van der Waals surface area contributed by atoms with Crippen LogP contribution in [0, 0.1) is 12.8 Å². The van der Waals surface area contributed by atoms with Crippen molar-refractivity contribution in [1.82, 2.24) is 14.9 Å². The molecular formula is C19H24BrN5O. The Bertz CT molecular complexity index is 778. The Hall–Kier alpha value is -2.15. The first-order valence-corrected chi connectivity index (χ1v) is 9.57. The van der Waals surface area contributed by atoms with E-state index in [-0.39, 0.29) is 17.9 Å². The van der Waals surface area contributed by atoms with Crippen LogP contribution in [0.5, 0.6) is 0 Å². The summed E-state index contributed by atoms with van der Waals surface area (Å²) in [7, 11) is 3.61. The van der Waals surface area contributed by atoms with Crippen LogP contribution in [-0.4, -0.2) is 40.9 Å². The van der Waals surface area contributed by atoms with Crippen molar-refractivity contribution in [2.24, 2.45) is 5.92 Å². The van der Waals surface area contributed by atoms with E-state index in [1.54, 1.807) is 11.1 Å². The minimum Gasteiger partial charge on any atom is -0.365 e. The smallest absolute Gasteiger partial charge is 0.229 e. The number of carbonyl (C=O) groups is 1. The predicted octanol–water partition coefficient (Wildman–Crippen LogP) is 3.96. The lowest BCUT2D eigenvalue weighted by atomic mass is 10.0. The Morgan fingerprint density at radius 3 is 2.65 bits per heavy atom. The molecule has 1 amide bonds. The molecule has 0 spiro atoms. The van der Waals surface area contributed by atoms with Crippen LogP contribution in [0.1, 0.15) is 24.8 Å². The molecule has 0 saturated heterocycles. The number of anilines is 3. The van der Waals surface area contributed by atoms with E-state index in [0.717, 1.165) is 29.4 Å². The van der Waals surface area contributed by atoms with E-state index in [4.69, 9.17) is 0 Å². The first-order valence-electron chi connectivity index (χ1n) is 8.78. The van der Waals surface area contributed by atoms with Crippen LogP contribution in [0.2, 0.25) is 0 Å². The van der Waals surface area contributed by atoms with Crippen molar-refractivity contribution in [3.05, 3.63) is 40.5 Å². The first kappa shape index (κ1) is 18.6. The Kier molecular flexibility index (Phi) is 5.76. The fourth-order valence-corrected chi connectivity index (χ4v) is 3.54. The molecule has 1 aromatic heterocycles. The number of halogens is 1. The number of amides is 1. The van der Waals surface area contributed by atoms with Gasteiger partial charge in [-0.3, -0.25) is 4.79 Å². The number of aromatic nitrogens is 2. The molecule has 0 radical (unpaired) electrons. The molecule has 1 fully saturated rings. The van der Waals surface area contributed by atoms with E-state index >= 15 is 0 Å². The maximum Gasteiger partial charge on any atom is 0.229 e. The van der Waals surface area contributed by atoms with Gasteiger partial charge in [-0.05, 0) is 47.8 Å². The Labute approximate surface area is 162 Å². The monoisotopic (exact) mass is 417 g/mol. The SMILES string of the molecule is Cc1ccc(Nc2ncc(Br)c(N[C@@H]3CCC[C@@H]3C(=O)N(C)C)n2)cc1. The van der Waals surface area contributed by atoms with Gasteiger partial charge in [-0.15, -0.1) is 0 Å². The molecule has 1 aromatic carbocycles. The first-order chi connectivity index (χ1) is 12.4. The number of hydrogen-bond acceptors (Lipinski definition) is 5. The fourth-order valence-electron chi connectivity index (χ4n) is 3.23. The van der Waals surface area contributed by atoms with E-state index in [9.17, 15) is 4.79 Å². The molecule has 2 aromatic rings. The highest BCUT2D eigenvalue weighted by Gasteiger charge is 2.34. The Morgan fingerprint density at radius 2 is 1.96 bits per heavy atom. The molecule has 7 heteroatoms. The zero-order valence-corrected chi connectivity index (χ0v) is 16.9. The molecule has 3 rings (SSSR count). The van der Waals surface area contributed by atoms with Gasteiger partial charge in [0.25, 0.3) is 0 Å². The fraction of sp³-hybridized carbons (Fsp3) is 0.421. The average molecular weight is 418 g/mol. The van der Waals surface area contributed by atoms with Crippen LogP contribution >= 0.6 is 15.9 Å². The van der Waals surface area contributed by atoms with Crippen LogP contribution < -0.4 is 10.6 Å². The molecule has 138 valence electrons. The lowest BCUT2D eigenvalue weighted by Crippen LogP contribution is -2.37. The molecule has 0 bridgehead atoms. The molecule has 0 unspecified atom stereocenters. The number of aryl methyl sites for hydroxylation is 1. The summed E-state index contributed by atoms with van der Waals surface area (Å²) in [5.41, 5.74) is 2.14. The van der Waals surface area contributed by atoms with Crippen molar-refractivity contribution in [2.75, 3.05) is 24.7 Å². The summed E-state index contributed by atoms with van der Waals surface area (Å²) < 4.78 is 0.787. The standard InChI is InChI=1S/C19H24BrN5O/c1-12-7-9-13(10-8-12)22-19-21-11-15(20)17(24-19)23-16-6-4-5-14(16)18(26)25(2)3/h7-11,14,16H,4-6H2,1-3H3,(H2,21,22,23,24)/t14-,16+/m0/s1. The van der Waals surface area contributed by atoms with E-state index in [2.05, 4.69) is 43.5 Å². The zero-order valence-electron chi connectivity index (χ0n) is 15.3. The number of carbonyl (C=O) groups excluding carboxylic acids is 1. The van der Waals surface area contributed by atoms with Gasteiger partial charge in [-0.1, -0.05) is 24.1 Å². The third kappa shape index (κ3) is 4.33. The van der Waals surface area contributed by atoms with Gasteiger partial charge in [0.2, 0.25) is 11.9 Å². The second-order valence-corrected chi connectivity index (χ2v) is 7.76. The van der Waals surface area contributed by atoms with Crippen molar-refractivity contribution in [3.8, 4) is 0 Å². The van der Waals surface area contributed by atoms with Gasteiger partial charge in [0.1, 0.15) is 5.82 Å². The lowest BCUT2D eigenvalue weighted by Gasteiger charge is -2.24. The highest BCUT2D eigenvalue weighted by atomic mass is 79.9. The van der Waals surface area contributed by atoms with E-state index in [0.29, 0.717) is 11.8 Å². The maximum atomic E-state index is 12.4. The quantitative estimate of drug-likeness (QED) is 0.769. The zero-order chi connectivity index (χ0) is 18.7. The topological polar surface area (TPSA) is 70.2 Å². The molecule has 1 aliphatic carbocycles. The summed E-state index contributed by atoms with van der Waals surface area (Å²) in [5, 5.41) is 6.66. The largest absolute Gasteiger partial charge is 0.365 e. The molecule has 6 nitrogen and oxygen atoms in total. The van der Waals surface area contributed by atoms with Gasteiger partial charge in [0, 0.05) is 32.0 Å². The molecule has 26 heavy (non-hydrogen) atoms. The highest BCUT2D eigenvalue weighted by Crippen LogP contribution is 2.31. The van der Waals surface area contributed by atoms with Crippen LogP contribution in [0.3, 0.4) is 0 Å². The molecule has 2 atom stereocenters. The Morgan fingerprint density at radius 1 is 1.23 bits per heavy atom. The summed E-state index contributed by atoms with van der Waals surface area (Å²) >= 11 is 3.51. The van der Waals surface area contributed by atoms with Crippen LogP contribution in [0.25, 0.3) is 0 Å². The minimum absolute atomic E-state index is 0.0135. The van der Waals surface area contributed by atoms with E-state index in [1.807, 2.05) is 38.4 Å². The van der Waals surface area contributed by atoms with Crippen LogP contribution in [-0.2, 0) is 4.79 Å². The molecular weight excluding hydrogens is 394 g/mol. The van der Waals surface area contributed by atoms with Gasteiger partial charge in [-0.2, -0.15) is 4.98 Å². The van der Waals surface area contributed by atoms with Crippen LogP contribution in [0.15, 0.2) is 34.9 Å². The lowest BCUT2D eigenvalue weighted by molar-refractivity contribution is -0.132. The number of hydrogen-bond donors (Lipinski definition) is 2. The van der Waals surface area contributed by atoms with Crippen LogP contribution in [0.4, 0.5) is 17.5 Å². The summed E-state index contributed by atoms with van der Waals surface area (Å²) in [6.07, 6.45) is 4.63. The van der Waals surface area contributed by atoms with Gasteiger partial charge in [-0.25, -0.2) is 4.98 Å². The number of nitrogens with one attached hydrogen (secondary N) is 2. The molecule has 0 aliphatic heterocycles. The number of benzene rings is 1. The van der Waals surface area contributed by atoms with Crippen molar-refractivity contribution in [1.29, 1.82) is 0 Å². The van der Waals surface area contributed by atoms with Crippen molar-refractivity contribution < 1.29 is 4.79 Å². The average Bonchev–Trinajstić information content (AvgIpc) is 3.07. The summed E-state index contributed by atoms with van der Waals surface area (Å²) in [6.45, 7) is 2.05. The van der Waals surface area contributed by atoms with Gasteiger partial charge < -0.3 is 15.5 Å². The number of nitrogens with zero attached hydrogens (tertiary/aromatic N) is 3. The van der Waals surface area contributed by atoms with E-state index < -0.39 is 0 Å². The molecule has 1 saturated carbocycles. The van der Waals surface area contributed by atoms with Gasteiger partial charge in [0.15, 0.2) is 0 Å². The summed E-state index contributed by atoms with van der Waals surface area (Å²) in [6, 6.07) is 8.16. The minimum atomic E-state index is -0.0135.